The number of rotatable bonds is 5. The lowest BCUT2D eigenvalue weighted by Gasteiger charge is -2.16. The smallest absolute Gasteiger partial charge is 0.342 e. The molecule has 2 aliphatic heterocycles. The fraction of sp³-hybridized carbons (Fsp3) is 0.364. The van der Waals surface area contributed by atoms with Gasteiger partial charge in [-0.1, -0.05) is 18.2 Å². The molecule has 1 amide bonds. The maximum absolute atomic E-state index is 13.1. The molecule has 0 spiro atoms. The summed E-state index contributed by atoms with van der Waals surface area (Å²) in [5, 5.41) is 10.8. The number of carbonyl (C=O) groups excluding carboxylic acids is 2. The van der Waals surface area contributed by atoms with Gasteiger partial charge in [0.25, 0.3) is 5.91 Å². The minimum Gasteiger partial charge on any atom is -0.506 e. The molecule has 0 unspecified atom stereocenters. The van der Waals surface area contributed by atoms with Gasteiger partial charge in [0.1, 0.15) is 17.1 Å². The van der Waals surface area contributed by atoms with Crippen molar-refractivity contribution in [3.8, 4) is 5.75 Å². The van der Waals surface area contributed by atoms with Crippen LogP contribution in [0.25, 0.3) is 0 Å². The van der Waals surface area contributed by atoms with Crippen molar-refractivity contribution in [1.82, 2.24) is 4.90 Å². The minimum atomic E-state index is -0.628. The number of esters is 1. The predicted octanol–water partition coefficient (Wildman–Crippen LogP) is 3.78. The Balaban J connectivity index is 1.74. The first-order valence-corrected chi connectivity index (χ1v) is 9.62. The first kappa shape index (κ1) is 18.5. The molecule has 0 saturated carbocycles. The number of benzene rings is 2. The second-order valence-corrected chi connectivity index (χ2v) is 7.23. The van der Waals surface area contributed by atoms with Crippen LogP contribution < -0.4 is 0 Å². The molecule has 1 fully saturated rings. The number of aryl methyl sites for hydroxylation is 2. The lowest BCUT2D eigenvalue weighted by molar-refractivity contribution is 0.0521. The average molecular weight is 383 g/mol. The molecule has 1 N–H and O–H groups in total. The van der Waals surface area contributed by atoms with E-state index in [1.165, 1.54) is 12.1 Å². The molecule has 28 heavy (non-hydrogen) atoms. The van der Waals surface area contributed by atoms with Crippen molar-refractivity contribution in [3.05, 3.63) is 64.0 Å². The van der Waals surface area contributed by atoms with Crippen molar-refractivity contribution in [2.75, 3.05) is 13.2 Å². The summed E-state index contributed by atoms with van der Waals surface area (Å²) in [4.78, 5) is 27.0. The zero-order chi connectivity index (χ0) is 19.8. The van der Waals surface area contributed by atoms with Crippen LogP contribution in [0.3, 0.4) is 0 Å². The number of carbonyl (C=O) groups is 2. The SMILES string of the molecule is CCOC(=O)c1c(CCc2ccc(F)cc2)cc2c(c1O)C(=O)N1CCC[C@@H]21. The Kier molecular flexibility index (Phi) is 4.79. The number of fused-ring (bicyclic) bond motifs is 3. The van der Waals surface area contributed by atoms with E-state index in [4.69, 9.17) is 4.74 Å². The van der Waals surface area contributed by atoms with Crippen LogP contribution in [0.1, 0.15) is 63.2 Å². The Labute approximate surface area is 162 Å². The molecule has 146 valence electrons. The van der Waals surface area contributed by atoms with Crippen LogP contribution >= 0.6 is 0 Å². The number of aromatic hydroxyl groups is 1. The maximum atomic E-state index is 13.1. The monoisotopic (exact) mass is 383 g/mol. The van der Waals surface area contributed by atoms with E-state index in [1.807, 2.05) is 6.07 Å². The van der Waals surface area contributed by atoms with Gasteiger partial charge in [0.15, 0.2) is 0 Å². The number of amides is 1. The minimum absolute atomic E-state index is 0.0331. The third-order valence-corrected chi connectivity index (χ3v) is 5.58. The van der Waals surface area contributed by atoms with E-state index >= 15 is 0 Å². The molecule has 2 heterocycles. The Bertz CT molecular complexity index is 939. The van der Waals surface area contributed by atoms with Crippen LogP contribution in [-0.2, 0) is 17.6 Å². The Morgan fingerprint density at radius 1 is 1.29 bits per heavy atom. The van der Waals surface area contributed by atoms with Gasteiger partial charge in [0.2, 0.25) is 0 Å². The Morgan fingerprint density at radius 3 is 2.75 bits per heavy atom. The largest absolute Gasteiger partial charge is 0.506 e. The van der Waals surface area contributed by atoms with Gasteiger partial charge in [0, 0.05) is 6.54 Å². The molecule has 4 rings (SSSR count). The van der Waals surface area contributed by atoms with Crippen molar-refractivity contribution < 1.29 is 23.8 Å². The number of nitrogens with zero attached hydrogens (tertiary/aromatic N) is 1. The molecular formula is C22H22FNO4. The summed E-state index contributed by atoms with van der Waals surface area (Å²) in [5.74, 6) is -1.42. The number of halogens is 1. The van der Waals surface area contributed by atoms with Gasteiger partial charge >= 0.3 is 5.97 Å². The molecule has 2 aromatic carbocycles. The molecule has 0 aromatic heterocycles. The third kappa shape index (κ3) is 3.03. The number of phenolic OH excluding ortho intramolecular Hbond substituents is 1. The van der Waals surface area contributed by atoms with Crippen molar-refractivity contribution in [2.45, 2.75) is 38.6 Å². The Hall–Kier alpha value is -2.89. The van der Waals surface area contributed by atoms with Gasteiger partial charge in [-0.2, -0.15) is 0 Å². The van der Waals surface area contributed by atoms with E-state index in [1.54, 1.807) is 24.0 Å². The van der Waals surface area contributed by atoms with E-state index in [2.05, 4.69) is 0 Å². The van der Waals surface area contributed by atoms with E-state index in [0.717, 1.165) is 24.0 Å². The zero-order valence-electron chi connectivity index (χ0n) is 15.7. The summed E-state index contributed by atoms with van der Waals surface area (Å²) in [7, 11) is 0. The molecule has 1 atom stereocenters. The number of hydrogen-bond acceptors (Lipinski definition) is 4. The highest BCUT2D eigenvalue weighted by Gasteiger charge is 2.43. The fourth-order valence-corrected chi connectivity index (χ4v) is 4.27. The van der Waals surface area contributed by atoms with Crippen molar-refractivity contribution in [3.63, 3.8) is 0 Å². The summed E-state index contributed by atoms with van der Waals surface area (Å²) >= 11 is 0. The number of phenols is 1. The van der Waals surface area contributed by atoms with Gasteiger partial charge in [-0.25, -0.2) is 9.18 Å². The van der Waals surface area contributed by atoms with Gasteiger partial charge in [0.05, 0.1) is 18.2 Å². The summed E-state index contributed by atoms with van der Waals surface area (Å²) in [6.45, 7) is 2.54. The topological polar surface area (TPSA) is 66.8 Å². The quantitative estimate of drug-likeness (QED) is 0.798. The van der Waals surface area contributed by atoms with Crippen LogP contribution in [0.2, 0.25) is 0 Å². The normalized spacial score (nSPS) is 17.6. The van der Waals surface area contributed by atoms with Crippen molar-refractivity contribution in [1.29, 1.82) is 0 Å². The third-order valence-electron chi connectivity index (χ3n) is 5.58. The highest BCUT2D eigenvalue weighted by molar-refractivity contribution is 6.06. The average Bonchev–Trinajstić information content (AvgIpc) is 3.25. The van der Waals surface area contributed by atoms with Crippen molar-refractivity contribution in [2.24, 2.45) is 0 Å². The predicted molar refractivity (Wildman–Crippen MR) is 101 cm³/mol. The second kappa shape index (κ2) is 7.26. The maximum Gasteiger partial charge on any atom is 0.342 e. The molecule has 6 heteroatoms. The van der Waals surface area contributed by atoms with Crippen LogP contribution in [0, 0.1) is 5.82 Å². The van der Waals surface area contributed by atoms with Crippen LogP contribution in [0.4, 0.5) is 4.39 Å². The van der Waals surface area contributed by atoms with Gasteiger partial charge in [-0.05, 0) is 61.4 Å². The molecule has 1 saturated heterocycles. The molecule has 0 radical (unpaired) electrons. The lowest BCUT2D eigenvalue weighted by atomic mass is 9.91. The van der Waals surface area contributed by atoms with E-state index in [9.17, 15) is 19.1 Å². The zero-order valence-corrected chi connectivity index (χ0v) is 15.7. The first-order valence-electron chi connectivity index (χ1n) is 9.62. The Morgan fingerprint density at radius 2 is 2.04 bits per heavy atom. The second-order valence-electron chi connectivity index (χ2n) is 7.23. The molecular weight excluding hydrogens is 361 g/mol. The number of ether oxygens (including phenoxy) is 1. The molecule has 2 aliphatic rings. The molecule has 2 aromatic rings. The summed E-state index contributed by atoms with van der Waals surface area (Å²) < 4.78 is 18.3. The van der Waals surface area contributed by atoms with Crippen LogP contribution in [0.5, 0.6) is 5.75 Å². The van der Waals surface area contributed by atoms with E-state index in [0.29, 0.717) is 24.9 Å². The van der Waals surface area contributed by atoms with Crippen LogP contribution in [-0.4, -0.2) is 35.0 Å². The molecule has 5 nitrogen and oxygen atoms in total. The summed E-state index contributed by atoms with van der Waals surface area (Å²) in [6.07, 6.45) is 2.84. The van der Waals surface area contributed by atoms with E-state index in [-0.39, 0.29) is 41.2 Å². The fourth-order valence-electron chi connectivity index (χ4n) is 4.27. The summed E-state index contributed by atoms with van der Waals surface area (Å²) in [5.41, 5.74) is 2.67. The lowest BCUT2D eigenvalue weighted by Crippen LogP contribution is -2.22. The first-order chi connectivity index (χ1) is 13.5. The highest BCUT2D eigenvalue weighted by atomic mass is 19.1. The standard InChI is InChI=1S/C22H22FNO4/c1-2-28-22(27)18-14(8-5-13-6-9-15(23)10-7-13)12-16-17-4-3-11-24(17)21(26)19(16)20(18)25/h6-7,9-10,12,17,25H,2-5,8,11H2,1H3/t17-/m0/s1. The molecule has 0 aliphatic carbocycles. The van der Waals surface area contributed by atoms with Gasteiger partial charge in [-0.3, -0.25) is 4.79 Å². The number of hydrogen-bond donors (Lipinski definition) is 1. The van der Waals surface area contributed by atoms with Gasteiger partial charge < -0.3 is 14.7 Å². The highest BCUT2D eigenvalue weighted by Crippen LogP contribution is 2.46. The van der Waals surface area contributed by atoms with Gasteiger partial charge in [-0.15, -0.1) is 0 Å². The van der Waals surface area contributed by atoms with Crippen molar-refractivity contribution >= 4 is 11.9 Å². The molecule has 0 bridgehead atoms. The van der Waals surface area contributed by atoms with E-state index < -0.39 is 5.97 Å². The van der Waals surface area contributed by atoms with Crippen LogP contribution in [0.15, 0.2) is 30.3 Å². The summed E-state index contributed by atoms with van der Waals surface area (Å²) in [6, 6.07) is 8.05.